The summed E-state index contributed by atoms with van der Waals surface area (Å²) in [7, 11) is 4.40. The molecule has 2 aliphatic rings. The molecule has 1 aliphatic carbocycles. The van der Waals surface area contributed by atoms with Crippen molar-refractivity contribution in [3.05, 3.63) is 48.0 Å². The van der Waals surface area contributed by atoms with Gasteiger partial charge < -0.3 is 14.9 Å². The number of aliphatic hydroxyl groups is 1. The second-order valence-electron chi connectivity index (χ2n) is 9.28. The van der Waals surface area contributed by atoms with Gasteiger partial charge in [0.25, 0.3) is 0 Å². The Balaban J connectivity index is 0.00000160. The van der Waals surface area contributed by atoms with Crippen LogP contribution in [-0.4, -0.2) is 60.3 Å². The van der Waals surface area contributed by atoms with E-state index in [-0.39, 0.29) is 30.7 Å². The van der Waals surface area contributed by atoms with Crippen LogP contribution in [0.1, 0.15) is 56.4 Å². The number of nitrogens with zero attached hydrogens (tertiary/aromatic N) is 2. The fraction of sp³-hybridized carbons (Fsp3) is 0.600. The first-order valence-electron chi connectivity index (χ1n) is 11.2. The van der Waals surface area contributed by atoms with Crippen molar-refractivity contribution in [3.63, 3.8) is 0 Å². The molecule has 1 N–H and O–H groups in total. The molecule has 0 spiro atoms. The average Bonchev–Trinajstić information content (AvgIpc) is 2.72. The molecule has 2 aromatic carbocycles. The number of fused-ring (bicyclic) bond motifs is 1. The molecule has 30 heavy (non-hydrogen) atoms. The summed E-state index contributed by atoms with van der Waals surface area (Å²) < 4.78 is 0. The summed E-state index contributed by atoms with van der Waals surface area (Å²) in [5.41, 5.74) is 0.776. The lowest BCUT2D eigenvalue weighted by molar-refractivity contribution is -0.0331. The van der Waals surface area contributed by atoms with Gasteiger partial charge in [0, 0.05) is 18.5 Å². The van der Waals surface area contributed by atoms with Crippen LogP contribution in [0.15, 0.2) is 42.5 Å². The van der Waals surface area contributed by atoms with E-state index in [0.29, 0.717) is 6.04 Å². The second kappa shape index (κ2) is 11.2. The van der Waals surface area contributed by atoms with Crippen molar-refractivity contribution in [3.8, 4) is 0 Å². The second-order valence-corrected chi connectivity index (χ2v) is 9.28. The number of likely N-dealkylation sites (tertiary alicyclic amines) is 1. The molecule has 1 saturated heterocycles. The fourth-order valence-electron chi connectivity index (χ4n) is 5.50. The molecule has 0 radical (unpaired) electrons. The van der Waals surface area contributed by atoms with Gasteiger partial charge in [-0.15, -0.1) is 24.8 Å². The number of hydrogen-bond acceptors (Lipinski definition) is 3. The Labute approximate surface area is 194 Å². The standard InChI is InChI=1S/C25H36N2O.2ClH/c1-26(2)21-13-17-27(18-14-21)19-24(25(28)15-6-3-7-16-25)23-12-8-10-20-9-4-5-11-22(20)23;;/h4-5,8-12,21,24,28H,3,6-7,13-19H2,1-2H3;2*1H. The lowest BCUT2D eigenvalue weighted by atomic mass is 9.71. The van der Waals surface area contributed by atoms with Crippen LogP contribution in [0.4, 0.5) is 0 Å². The van der Waals surface area contributed by atoms with Crippen molar-refractivity contribution in [2.24, 2.45) is 0 Å². The zero-order chi connectivity index (χ0) is 19.6. The fourth-order valence-corrected chi connectivity index (χ4v) is 5.50. The first kappa shape index (κ1) is 25.4. The SMILES string of the molecule is CN(C)C1CCN(CC(c2cccc3ccccc23)C2(O)CCCCC2)CC1.Cl.Cl. The van der Waals surface area contributed by atoms with Gasteiger partial charge in [-0.25, -0.2) is 0 Å². The Morgan fingerprint density at radius 1 is 0.967 bits per heavy atom. The summed E-state index contributed by atoms with van der Waals surface area (Å²) in [5.74, 6) is 0.190. The molecule has 4 rings (SSSR count). The molecule has 1 atom stereocenters. The van der Waals surface area contributed by atoms with Crippen LogP contribution in [0.25, 0.3) is 10.8 Å². The Kier molecular flexibility index (Phi) is 9.45. The maximum Gasteiger partial charge on any atom is 0.0728 e. The quantitative estimate of drug-likeness (QED) is 0.649. The van der Waals surface area contributed by atoms with E-state index in [4.69, 9.17) is 0 Å². The highest BCUT2D eigenvalue weighted by Gasteiger charge is 2.40. The van der Waals surface area contributed by atoms with E-state index in [1.807, 2.05) is 0 Å². The van der Waals surface area contributed by atoms with E-state index in [1.54, 1.807) is 0 Å². The monoisotopic (exact) mass is 452 g/mol. The zero-order valence-electron chi connectivity index (χ0n) is 18.4. The zero-order valence-corrected chi connectivity index (χ0v) is 20.1. The van der Waals surface area contributed by atoms with Crippen LogP contribution in [-0.2, 0) is 0 Å². The van der Waals surface area contributed by atoms with Crippen LogP contribution < -0.4 is 0 Å². The number of rotatable bonds is 5. The molecular weight excluding hydrogens is 415 g/mol. The van der Waals surface area contributed by atoms with E-state index < -0.39 is 5.60 Å². The van der Waals surface area contributed by atoms with E-state index in [2.05, 4.69) is 66.4 Å². The van der Waals surface area contributed by atoms with Crippen LogP contribution in [0.2, 0.25) is 0 Å². The molecule has 5 heteroatoms. The minimum atomic E-state index is -0.569. The van der Waals surface area contributed by atoms with E-state index >= 15 is 0 Å². The average molecular weight is 453 g/mol. The van der Waals surface area contributed by atoms with Gasteiger partial charge in [-0.2, -0.15) is 0 Å². The first-order chi connectivity index (χ1) is 13.6. The predicted molar refractivity (Wildman–Crippen MR) is 132 cm³/mol. The van der Waals surface area contributed by atoms with E-state index in [9.17, 15) is 5.11 Å². The topological polar surface area (TPSA) is 26.7 Å². The molecule has 1 heterocycles. The molecule has 0 bridgehead atoms. The lowest BCUT2D eigenvalue weighted by Crippen LogP contribution is -2.48. The molecule has 168 valence electrons. The summed E-state index contributed by atoms with van der Waals surface area (Å²) in [5, 5.41) is 14.4. The molecule has 1 aliphatic heterocycles. The minimum Gasteiger partial charge on any atom is -0.389 e. The van der Waals surface area contributed by atoms with Gasteiger partial charge in [-0.05, 0) is 69.2 Å². The molecule has 1 saturated carbocycles. The highest BCUT2D eigenvalue weighted by molar-refractivity contribution is 5.86. The van der Waals surface area contributed by atoms with Gasteiger partial charge in [0.1, 0.15) is 0 Å². The highest BCUT2D eigenvalue weighted by Crippen LogP contribution is 2.42. The summed E-state index contributed by atoms with van der Waals surface area (Å²) in [4.78, 5) is 4.98. The Hall–Kier alpha value is -0.840. The number of hydrogen-bond donors (Lipinski definition) is 1. The summed E-state index contributed by atoms with van der Waals surface area (Å²) in [6, 6.07) is 16.0. The third-order valence-electron chi connectivity index (χ3n) is 7.29. The Bertz CT molecular complexity index is 778. The van der Waals surface area contributed by atoms with Crippen molar-refractivity contribution in [1.29, 1.82) is 0 Å². The molecule has 0 aromatic heterocycles. The molecule has 1 unspecified atom stereocenters. The van der Waals surface area contributed by atoms with Gasteiger partial charge >= 0.3 is 0 Å². The summed E-state index contributed by atoms with van der Waals surface area (Å²) >= 11 is 0. The summed E-state index contributed by atoms with van der Waals surface area (Å²) in [6.07, 6.45) is 7.91. The maximum atomic E-state index is 11.8. The molecule has 2 aromatic rings. The molecule has 3 nitrogen and oxygen atoms in total. The lowest BCUT2D eigenvalue weighted by Gasteiger charge is -2.44. The van der Waals surface area contributed by atoms with E-state index in [1.165, 1.54) is 35.6 Å². The van der Waals surface area contributed by atoms with Crippen LogP contribution in [0, 0.1) is 0 Å². The normalized spacial score (nSPS) is 21.1. The summed E-state index contributed by atoms with van der Waals surface area (Å²) in [6.45, 7) is 3.26. The minimum absolute atomic E-state index is 0. The van der Waals surface area contributed by atoms with Gasteiger partial charge in [0.05, 0.1) is 5.60 Å². The third-order valence-corrected chi connectivity index (χ3v) is 7.29. The van der Waals surface area contributed by atoms with Crippen molar-refractivity contribution < 1.29 is 5.11 Å². The largest absolute Gasteiger partial charge is 0.389 e. The highest BCUT2D eigenvalue weighted by atomic mass is 35.5. The number of piperidine rings is 1. The van der Waals surface area contributed by atoms with Crippen LogP contribution in [0.3, 0.4) is 0 Å². The van der Waals surface area contributed by atoms with Crippen LogP contribution >= 0.6 is 24.8 Å². The Morgan fingerprint density at radius 2 is 1.60 bits per heavy atom. The van der Waals surface area contributed by atoms with Gasteiger partial charge in [0.2, 0.25) is 0 Å². The van der Waals surface area contributed by atoms with Gasteiger partial charge in [-0.1, -0.05) is 61.7 Å². The van der Waals surface area contributed by atoms with Crippen LogP contribution in [0.5, 0.6) is 0 Å². The maximum absolute atomic E-state index is 11.8. The predicted octanol–water partition coefficient (Wildman–Crippen LogP) is 5.49. The van der Waals surface area contributed by atoms with Crippen molar-refractivity contribution in [2.45, 2.75) is 62.5 Å². The van der Waals surface area contributed by atoms with E-state index in [0.717, 1.165) is 45.3 Å². The molecule has 2 fully saturated rings. The molecular formula is C25H38Cl2N2O. The third kappa shape index (κ3) is 5.49. The smallest absolute Gasteiger partial charge is 0.0728 e. The molecule has 0 amide bonds. The van der Waals surface area contributed by atoms with Crippen molar-refractivity contribution >= 4 is 35.6 Å². The van der Waals surface area contributed by atoms with Crippen molar-refractivity contribution in [2.75, 3.05) is 33.7 Å². The van der Waals surface area contributed by atoms with Gasteiger partial charge in [0.15, 0.2) is 0 Å². The van der Waals surface area contributed by atoms with Gasteiger partial charge in [-0.3, -0.25) is 0 Å². The van der Waals surface area contributed by atoms with Crippen molar-refractivity contribution in [1.82, 2.24) is 9.80 Å². The first-order valence-corrected chi connectivity index (χ1v) is 11.2. The number of halogens is 2. The number of benzene rings is 2. The Morgan fingerprint density at radius 3 is 2.27 bits per heavy atom.